The maximum absolute atomic E-state index is 12.9. The molecule has 1 nitrogen and oxygen atoms in total. The molecule has 2 unspecified atom stereocenters. The Labute approximate surface area is 103 Å². The fourth-order valence-electron chi connectivity index (χ4n) is 2.78. The molecule has 0 saturated heterocycles. The summed E-state index contributed by atoms with van der Waals surface area (Å²) in [5, 5.41) is 3.50. The van der Waals surface area contributed by atoms with E-state index in [0.717, 1.165) is 30.5 Å². The molecule has 1 fully saturated rings. The van der Waals surface area contributed by atoms with Crippen LogP contribution in [0, 0.1) is 24.6 Å². The van der Waals surface area contributed by atoms with E-state index in [1.54, 1.807) is 12.1 Å². The molecule has 0 bridgehead atoms. The number of aryl methyl sites for hydroxylation is 1. The Kier molecular flexibility index (Phi) is 4.16. The van der Waals surface area contributed by atoms with Crippen LogP contribution < -0.4 is 5.32 Å². The van der Waals surface area contributed by atoms with Gasteiger partial charge in [0.15, 0.2) is 0 Å². The van der Waals surface area contributed by atoms with Crippen molar-refractivity contribution in [1.82, 2.24) is 5.32 Å². The third-order valence-corrected chi connectivity index (χ3v) is 3.86. The first-order valence-electron chi connectivity index (χ1n) is 6.61. The minimum atomic E-state index is -0.143. The van der Waals surface area contributed by atoms with Gasteiger partial charge in [-0.15, -0.1) is 0 Å². The van der Waals surface area contributed by atoms with Crippen LogP contribution in [0.5, 0.6) is 0 Å². The zero-order chi connectivity index (χ0) is 12.3. The van der Waals surface area contributed by atoms with E-state index in [0.29, 0.717) is 0 Å². The highest BCUT2D eigenvalue weighted by molar-refractivity contribution is 5.26. The van der Waals surface area contributed by atoms with Crippen molar-refractivity contribution in [3.8, 4) is 0 Å². The lowest BCUT2D eigenvalue weighted by atomic mass is 10.1. The van der Waals surface area contributed by atoms with E-state index in [1.807, 2.05) is 13.0 Å². The Bertz CT molecular complexity index is 375. The summed E-state index contributed by atoms with van der Waals surface area (Å²) in [6.45, 7) is 6.26. The van der Waals surface area contributed by atoms with Crippen molar-refractivity contribution in [2.45, 2.75) is 39.7 Å². The third-order valence-electron chi connectivity index (χ3n) is 3.86. The molecule has 2 rings (SSSR count). The van der Waals surface area contributed by atoms with Crippen LogP contribution in [0.4, 0.5) is 4.39 Å². The summed E-state index contributed by atoms with van der Waals surface area (Å²) in [4.78, 5) is 0. The Balaban J connectivity index is 1.78. The fraction of sp³-hybridized carbons (Fsp3) is 0.600. The summed E-state index contributed by atoms with van der Waals surface area (Å²) in [5.74, 6) is 1.59. The molecule has 2 heteroatoms. The molecular formula is C15H22FN. The largest absolute Gasteiger partial charge is 0.312 e. The molecule has 1 aliphatic rings. The van der Waals surface area contributed by atoms with Crippen LogP contribution in [0.3, 0.4) is 0 Å². The standard InChI is InChI=1S/C15H22FN/c1-11-3-4-13(7-11)9-17-10-14-5-6-15(16)8-12(14)2/h5-6,8,11,13,17H,3-4,7,9-10H2,1-2H3. The molecule has 0 aliphatic heterocycles. The van der Waals surface area contributed by atoms with Gasteiger partial charge in [-0.1, -0.05) is 19.4 Å². The zero-order valence-corrected chi connectivity index (χ0v) is 10.8. The number of rotatable bonds is 4. The Morgan fingerprint density at radius 2 is 2.18 bits per heavy atom. The number of halogens is 1. The molecule has 1 aromatic carbocycles. The maximum atomic E-state index is 12.9. The highest BCUT2D eigenvalue weighted by atomic mass is 19.1. The van der Waals surface area contributed by atoms with Gasteiger partial charge in [0.1, 0.15) is 5.82 Å². The molecular weight excluding hydrogens is 213 g/mol. The van der Waals surface area contributed by atoms with E-state index < -0.39 is 0 Å². The van der Waals surface area contributed by atoms with Gasteiger partial charge in [0.05, 0.1) is 0 Å². The quantitative estimate of drug-likeness (QED) is 0.839. The third kappa shape index (κ3) is 3.53. The van der Waals surface area contributed by atoms with Gasteiger partial charge < -0.3 is 5.32 Å². The molecule has 1 N–H and O–H groups in total. The molecule has 0 amide bonds. The molecule has 94 valence electrons. The van der Waals surface area contributed by atoms with Crippen LogP contribution in [-0.2, 0) is 6.54 Å². The smallest absolute Gasteiger partial charge is 0.123 e. The van der Waals surface area contributed by atoms with Crippen molar-refractivity contribution < 1.29 is 4.39 Å². The normalized spacial score (nSPS) is 24.2. The van der Waals surface area contributed by atoms with Crippen LogP contribution in [0.1, 0.15) is 37.3 Å². The second-order valence-electron chi connectivity index (χ2n) is 5.49. The van der Waals surface area contributed by atoms with E-state index in [4.69, 9.17) is 0 Å². The second-order valence-corrected chi connectivity index (χ2v) is 5.49. The van der Waals surface area contributed by atoms with E-state index in [1.165, 1.54) is 24.8 Å². The van der Waals surface area contributed by atoms with Gasteiger partial charge >= 0.3 is 0 Å². The summed E-state index contributed by atoms with van der Waals surface area (Å²) < 4.78 is 12.9. The van der Waals surface area contributed by atoms with E-state index in [-0.39, 0.29) is 5.82 Å². The van der Waals surface area contributed by atoms with Crippen molar-refractivity contribution in [2.24, 2.45) is 11.8 Å². The summed E-state index contributed by atoms with van der Waals surface area (Å²) in [6.07, 6.45) is 4.09. The second kappa shape index (κ2) is 5.63. The highest BCUT2D eigenvalue weighted by Gasteiger charge is 2.20. The molecule has 1 aliphatic carbocycles. The molecule has 0 spiro atoms. The van der Waals surface area contributed by atoms with Gasteiger partial charge in [0.2, 0.25) is 0 Å². The number of nitrogens with one attached hydrogen (secondary N) is 1. The van der Waals surface area contributed by atoms with Gasteiger partial charge in [-0.2, -0.15) is 0 Å². The average molecular weight is 235 g/mol. The number of hydrogen-bond acceptors (Lipinski definition) is 1. The van der Waals surface area contributed by atoms with Crippen molar-refractivity contribution in [3.05, 3.63) is 35.1 Å². The SMILES string of the molecule is Cc1cc(F)ccc1CNCC1CCC(C)C1. The van der Waals surface area contributed by atoms with E-state index in [2.05, 4.69) is 12.2 Å². The summed E-state index contributed by atoms with van der Waals surface area (Å²) in [5.41, 5.74) is 2.25. The van der Waals surface area contributed by atoms with Crippen LogP contribution in [0.15, 0.2) is 18.2 Å². The molecule has 0 radical (unpaired) electrons. The molecule has 2 atom stereocenters. The zero-order valence-electron chi connectivity index (χ0n) is 10.8. The van der Waals surface area contributed by atoms with Gasteiger partial charge in [-0.3, -0.25) is 0 Å². The summed E-state index contributed by atoms with van der Waals surface area (Å²) in [7, 11) is 0. The van der Waals surface area contributed by atoms with Crippen molar-refractivity contribution >= 4 is 0 Å². The van der Waals surface area contributed by atoms with Gasteiger partial charge in [-0.05, 0) is 61.4 Å². The lowest BCUT2D eigenvalue weighted by Gasteiger charge is -2.12. The first-order valence-corrected chi connectivity index (χ1v) is 6.61. The van der Waals surface area contributed by atoms with Crippen molar-refractivity contribution in [3.63, 3.8) is 0 Å². The molecule has 0 heterocycles. The fourth-order valence-corrected chi connectivity index (χ4v) is 2.78. The van der Waals surface area contributed by atoms with Crippen molar-refractivity contribution in [2.75, 3.05) is 6.54 Å². The molecule has 0 aromatic heterocycles. The van der Waals surface area contributed by atoms with Crippen LogP contribution >= 0.6 is 0 Å². The predicted octanol–water partition coefficient (Wildman–Crippen LogP) is 3.66. The van der Waals surface area contributed by atoms with E-state index in [9.17, 15) is 4.39 Å². The molecule has 1 aromatic rings. The topological polar surface area (TPSA) is 12.0 Å². The van der Waals surface area contributed by atoms with Gasteiger partial charge in [0.25, 0.3) is 0 Å². The van der Waals surface area contributed by atoms with Crippen LogP contribution in [0.2, 0.25) is 0 Å². The van der Waals surface area contributed by atoms with Crippen molar-refractivity contribution in [1.29, 1.82) is 0 Å². The average Bonchev–Trinajstić information content (AvgIpc) is 2.68. The minimum absolute atomic E-state index is 0.143. The lowest BCUT2D eigenvalue weighted by molar-refractivity contribution is 0.470. The van der Waals surface area contributed by atoms with E-state index >= 15 is 0 Å². The minimum Gasteiger partial charge on any atom is -0.312 e. The Morgan fingerprint density at radius 1 is 1.35 bits per heavy atom. The highest BCUT2D eigenvalue weighted by Crippen LogP contribution is 2.29. The summed E-state index contributed by atoms with van der Waals surface area (Å²) in [6, 6.07) is 5.03. The predicted molar refractivity (Wildman–Crippen MR) is 69.3 cm³/mol. The summed E-state index contributed by atoms with van der Waals surface area (Å²) >= 11 is 0. The Morgan fingerprint density at radius 3 is 2.82 bits per heavy atom. The number of hydrogen-bond donors (Lipinski definition) is 1. The number of benzene rings is 1. The Hall–Kier alpha value is -0.890. The monoisotopic (exact) mass is 235 g/mol. The van der Waals surface area contributed by atoms with Crippen LogP contribution in [-0.4, -0.2) is 6.54 Å². The molecule has 17 heavy (non-hydrogen) atoms. The van der Waals surface area contributed by atoms with Gasteiger partial charge in [0, 0.05) is 6.54 Å². The first-order chi connectivity index (χ1) is 8.15. The van der Waals surface area contributed by atoms with Crippen LogP contribution in [0.25, 0.3) is 0 Å². The molecule has 1 saturated carbocycles. The first kappa shape index (κ1) is 12.6. The lowest BCUT2D eigenvalue weighted by Crippen LogP contribution is -2.21. The van der Waals surface area contributed by atoms with Gasteiger partial charge in [-0.25, -0.2) is 4.39 Å². The maximum Gasteiger partial charge on any atom is 0.123 e.